The van der Waals surface area contributed by atoms with Crippen LogP contribution in [0.4, 0.5) is 18.3 Å². The van der Waals surface area contributed by atoms with Gasteiger partial charge in [0.2, 0.25) is 10.1 Å². The van der Waals surface area contributed by atoms with E-state index in [1.165, 1.54) is 13.0 Å². The van der Waals surface area contributed by atoms with Gasteiger partial charge in [0.15, 0.2) is 0 Å². The summed E-state index contributed by atoms with van der Waals surface area (Å²) in [4.78, 5) is 23.4. The fraction of sp³-hybridized carbons (Fsp3) is 0.333. The average Bonchev–Trinajstić information content (AvgIpc) is 3.24. The van der Waals surface area contributed by atoms with Crippen LogP contribution in [0.2, 0.25) is 0 Å². The van der Waals surface area contributed by atoms with Gasteiger partial charge in [-0.25, -0.2) is 0 Å². The van der Waals surface area contributed by atoms with Crippen molar-refractivity contribution in [3.8, 4) is 5.75 Å². The number of alkyl halides is 3. The Kier molecular flexibility index (Phi) is 4.46. The van der Waals surface area contributed by atoms with E-state index in [2.05, 4.69) is 15.5 Å². The average molecular weight is 371 g/mol. The van der Waals surface area contributed by atoms with Gasteiger partial charge in [-0.2, -0.15) is 13.2 Å². The lowest BCUT2D eigenvalue weighted by Crippen LogP contribution is -2.13. The second-order valence-electron chi connectivity index (χ2n) is 5.52. The van der Waals surface area contributed by atoms with Crippen molar-refractivity contribution >= 4 is 28.3 Å². The minimum absolute atomic E-state index is 0.171. The SMILES string of the molecule is CC(=O)Oc1cc(C(=O)Nc2nnc(C(F)(F)F)s2)cc(C2CC2)c1. The Hall–Kier alpha value is -2.49. The number of nitrogens with one attached hydrogen (secondary N) is 1. The normalized spacial score (nSPS) is 14.2. The summed E-state index contributed by atoms with van der Waals surface area (Å²) in [5, 5.41) is 7.21. The fourth-order valence-corrected chi connectivity index (χ4v) is 2.79. The minimum Gasteiger partial charge on any atom is -0.427 e. The van der Waals surface area contributed by atoms with Gasteiger partial charge in [0, 0.05) is 12.5 Å². The third-order valence-electron chi connectivity index (χ3n) is 3.39. The molecule has 1 amide bonds. The molecule has 1 aliphatic carbocycles. The van der Waals surface area contributed by atoms with Crippen LogP contribution >= 0.6 is 11.3 Å². The quantitative estimate of drug-likeness (QED) is 0.656. The molecule has 1 N–H and O–H groups in total. The molecule has 0 atom stereocenters. The summed E-state index contributed by atoms with van der Waals surface area (Å²) in [6, 6.07) is 4.67. The molecule has 1 saturated carbocycles. The monoisotopic (exact) mass is 371 g/mol. The van der Waals surface area contributed by atoms with Crippen LogP contribution in [0.1, 0.15) is 46.6 Å². The first-order valence-electron chi connectivity index (χ1n) is 7.28. The van der Waals surface area contributed by atoms with Gasteiger partial charge < -0.3 is 4.74 Å². The molecule has 1 aromatic carbocycles. The highest BCUT2D eigenvalue weighted by Gasteiger charge is 2.36. The molecule has 0 spiro atoms. The van der Waals surface area contributed by atoms with E-state index in [1.54, 1.807) is 12.1 Å². The maximum atomic E-state index is 12.5. The predicted molar refractivity (Wildman–Crippen MR) is 82.6 cm³/mol. The Bertz CT molecular complexity index is 831. The molecule has 132 valence electrons. The maximum absolute atomic E-state index is 12.5. The molecule has 2 aromatic rings. The smallest absolute Gasteiger partial charge is 0.427 e. The highest BCUT2D eigenvalue weighted by atomic mass is 32.1. The lowest BCUT2D eigenvalue weighted by molar-refractivity contribution is -0.138. The number of esters is 1. The number of amides is 1. The van der Waals surface area contributed by atoms with Gasteiger partial charge in [-0.05, 0) is 42.5 Å². The van der Waals surface area contributed by atoms with E-state index in [0.29, 0.717) is 5.92 Å². The van der Waals surface area contributed by atoms with Crippen molar-refractivity contribution in [2.24, 2.45) is 0 Å². The Morgan fingerprint density at radius 3 is 2.52 bits per heavy atom. The number of halogens is 3. The van der Waals surface area contributed by atoms with E-state index in [1.807, 2.05) is 0 Å². The van der Waals surface area contributed by atoms with E-state index in [9.17, 15) is 22.8 Å². The summed E-state index contributed by atoms with van der Waals surface area (Å²) in [6.45, 7) is 1.24. The van der Waals surface area contributed by atoms with Crippen molar-refractivity contribution in [2.75, 3.05) is 5.32 Å². The Labute approximate surface area is 144 Å². The van der Waals surface area contributed by atoms with Crippen LogP contribution in [-0.4, -0.2) is 22.1 Å². The van der Waals surface area contributed by atoms with E-state index >= 15 is 0 Å². The second-order valence-corrected chi connectivity index (χ2v) is 6.50. The van der Waals surface area contributed by atoms with Gasteiger partial charge >= 0.3 is 12.1 Å². The van der Waals surface area contributed by atoms with Crippen molar-refractivity contribution in [2.45, 2.75) is 31.9 Å². The van der Waals surface area contributed by atoms with Crippen LogP contribution in [-0.2, 0) is 11.0 Å². The van der Waals surface area contributed by atoms with Gasteiger partial charge in [-0.1, -0.05) is 11.3 Å². The molecule has 10 heteroatoms. The van der Waals surface area contributed by atoms with Gasteiger partial charge in [0.05, 0.1) is 0 Å². The van der Waals surface area contributed by atoms with Crippen molar-refractivity contribution < 1.29 is 27.5 Å². The molecule has 0 saturated heterocycles. The van der Waals surface area contributed by atoms with Crippen LogP contribution in [0.15, 0.2) is 18.2 Å². The molecule has 0 unspecified atom stereocenters. The molecule has 25 heavy (non-hydrogen) atoms. The van der Waals surface area contributed by atoms with Crippen molar-refractivity contribution in [1.82, 2.24) is 10.2 Å². The van der Waals surface area contributed by atoms with E-state index in [4.69, 9.17) is 4.74 Å². The molecule has 1 aliphatic rings. The Morgan fingerprint density at radius 2 is 1.96 bits per heavy atom. The molecule has 6 nitrogen and oxygen atoms in total. The lowest BCUT2D eigenvalue weighted by Gasteiger charge is -2.08. The van der Waals surface area contributed by atoms with E-state index < -0.39 is 23.1 Å². The summed E-state index contributed by atoms with van der Waals surface area (Å²) >= 11 is 0.236. The van der Waals surface area contributed by atoms with Crippen molar-refractivity contribution in [3.05, 3.63) is 34.3 Å². The van der Waals surface area contributed by atoms with Gasteiger partial charge in [0.1, 0.15) is 5.75 Å². The zero-order valence-electron chi connectivity index (χ0n) is 12.9. The molecule has 1 heterocycles. The Morgan fingerprint density at radius 1 is 1.24 bits per heavy atom. The first-order valence-corrected chi connectivity index (χ1v) is 8.09. The standard InChI is InChI=1S/C15H12F3N3O3S/c1-7(22)24-11-5-9(8-2-3-8)4-10(6-11)12(23)19-14-21-20-13(25-14)15(16,17)18/h4-6,8H,2-3H2,1H3,(H,19,21,23). The Balaban J connectivity index is 1.82. The summed E-state index contributed by atoms with van der Waals surface area (Å²) in [5.41, 5.74) is 1.02. The van der Waals surface area contributed by atoms with E-state index in [-0.39, 0.29) is 27.8 Å². The van der Waals surface area contributed by atoms with Crippen molar-refractivity contribution in [1.29, 1.82) is 0 Å². The van der Waals surface area contributed by atoms with Crippen LogP contribution < -0.4 is 10.1 Å². The molecular weight excluding hydrogens is 359 g/mol. The molecule has 1 aromatic heterocycles. The minimum atomic E-state index is -4.62. The number of anilines is 1. The molecule has 0 bridgehead atoms. The van der Waals surface area contributed by atoms with Crippen LogP contribution in [0.25, 0.3) is 0 Å². The first-order chi connectivity index (χ1) is 11.7. The second kappa shape index (κ2) is 6.43. The van der Waals surface area contributed by atoms with Crippen LogP contribution in [0.5, 0.6) is 5.75 Å². The number of carbonyl (C=O) groups excluding carboxylic acids is 2. The van der Waals surface area contributed by atoms with Gasteiger partial charge in [-0.3, -0.25) is 14.9 Å². The predicted octanol–water partition coefficient (Wildman–Crippen LogP) is 3.61. The van der Waals surface area contributed by atoms with Gasteiger partial charge in [0.25, 0.3) is 5.91 Å². The van der Waals surface area contributed by atoms with Crippen LogP contribution in [0, 0.1) is 0 Å². The summed E-state index contributed by atoms with van der Waals surface area (Å²) in [6.07, 6.45) is -2.68. The number of hydrogen-bond acceptors (Lipinski definition) is 6. The lowest BCUT2D eigenvalue weighted by atomic mass is 10.1. The van der Waals surface area contributed by atoms with E-state index in [0.717, 1.165) is 18.4 Å². The largest absolute Gasteiger partial charge is 0.445 e. The number of rotatable bonds is 4. The zero-order chi connectivity index (χ0) is 18.2. The highest BCUT2D eigenvalue weighted by Crippen LogP contribution is 2.41. The summed E-state index contributed by atoms with van der Waals surface area (Å²) in [5.74, 6) is -0.672. The molecule has 3 rings (SSSR count). The number of aromatic nitrogens is 2. The molecule has 0 aliphatic heterocycles. The number of ether oxygens (including phenoxy) is 1. The number of hydrogen-bond donors (Lipinski definition) is 1. The molecule has 1 fully saturated rings. The third kappa shape index (κ3) is 4.32. The summed E-state index contributed by atoms with van der Waals surface area (Å²) in [7, 11) is 0. The van der Waals surface area contributed by atoms with Gasteiger partial charge in [-0.15, -0.1) is 10.2 Å². The topological polar surface area (TPSA) is 81.2 Å². The first kappa shape index (κ1) is 17.3. The fourth-order valence-electron chi connectivity index (χ4n) is 2.19. The molecule has 0 radical (unpaired) electrons. The third-order valence-corrected chi connectivity index (χ3v) is 4.27. The maximum Gasteiger partial charge on any atom is 0.445 e. The number of nitrogens with zero attached hydrogens (tertiary/aromatic N) is 2. The molecular formula is C15H12F3N3O3S. The highest BCUT2D eigenvalue weighted by molar-refractivity contribution is 7.15. The van der Waals surface area contributed by atoms with Crippen LogP contribution in [0.3, 0.4) is 0 Å². The number of benzene rings is 1. The zero-order valence-corrected chi connectivity index (χ0v) is 13.7. The van der Waals surface area contributed by atoms with Crippen molar-refractivity contribution in [3.63, 3.8) is 0 Å². The number of carbonyl (C=O) groups is 2. The summed E-state index contributed by atoms with van der Waals surface area (Å²) < 4.78 is 42.6.